The van der Waals surface area contributed by atoms with Crippen molar-refractivity contribution in [3.63, 3.8) is 0 Å². The molecule has 1 N–H and O–H groups in total. The predicted octanol–water partition coefficient (Wildman–Crippen LogP) is 4.35. The van der Waals surface area contributed by atoms with Gasteiger partial charge in [-0.05, 0) is 18.2 Å². The number of aliphatic imine (C=N–C) groups is 1. The molecule has 158 valence electrons. The van der Waals surface area contributed by atoms with Crippen molar-refractivity contribution >= 4 is 22.8 Å². The van der Waals surface area contributed by atoms with Crippen molar-refractivity contribution in [1.82, 2.24) is 5.32 Å². The zero-order valence-electron chi connectivity index (χ0n) is 15.8. The molecule has 0 aromatic heterocycles. The number of alkyl halides is 3. The van der Waals surface area contributed by atoms with Gasteiger partial charge in [0.15, 0.2) is 5.17 Å². The molecule has 2 aliphatic heterocycles. The van der Waals surface area contributed by atoms with Crippen LogP contribution < -0.4 is 10.1 Å². The average Bonchev–Trinajstić information content (AvgIpc) is 2.73. The van der Waals surface area contributed by atoms with Crippen molar-refractivity contribution in [2.45, 2.75) is 18.3 Å². The van der Waals surface area contributed by atoms with Crippen LogP contribution in [0, 0.1) is 5.92 Å². The monoisotopic (exact) mass is 436 g/mol. The Morgan fingerprint density at radius 3 is 2.67 bits per heavy atom. The topological polar surface area (TPSA) is 59.9 Å². The maximum Gasteiger partial charge on any atom is 0.573 e. The van der Waals surface area contributed by atoms with Crippen LogP contribution in [0.3, 0.4) is 0 Å². The van der Waals surface area contributed by atoms with Gasteiger partial charge in [-0.3, -0.25) is 9.79 Å². The highest BCUT2D eigenvalue weighted by molar-refractivity contribution is 8.13. The molecule has 1 fully saturated rings. The first-order valence-electron chi connectivity index (χ1n) is 9.39. The first-order valence-corrected chi connectivity index (χ1v) is 10.4. The molecule has 1 amide bonds. The van der Waals surface area contributed by atoms with Crippen molar-refractivity contribution < 1.29 is 27.4 Å². The van der Waals surface area contributed by atoms with Crippen LogP contribution in [0.1, 0.15) is 22.3 Å². The zero-order valence-corrected chi connectivity index (χ0v) is 16.6. The summed E-state index contributed by atoms with van der Waals surface area (Å²) in [5.74, 6) is -0.191. The first-order chi connectivity index (χ1) is 14.4. The molecule has 9 heteroatoms. The van der Waals surface area contributed by atoms with E-state index in [-0.39, 0.29) is 17.6 Å². The number of rotatable bonds is 3. The zero-order chi connectivity index (χ0) is 21.2. The van der Waals surface area contributed by atoms with Crippen molar-refractivity contribution in [3.05, 3.63) is 65.7 Å². The summed E-state index contributed by atoms with van der Waals surface area (Å²) in [5, 5.41) is 3.18. The van der Waals surface area contributed by atoms with E-state index in [1.165, 1.54) is 23.9 Å². The van der Waals surface area contributed by atoms with E-state index in [2.05, 4.69) is 10.1 Å². The van der Waals surface area contributed by atoms with E-state index in [9.17, 15) is 18.0 Å². The number of nitrogens with zero attached hydrogens (tertiary/aromatic N) is 1. The highest BCUT2D eigenvalue weighted by Crippen LogP contribution is 2.48. The molecule has 1 saturated heterocycles. The van der Waals surface area contributed by atoms with E-state index in [1.807, 2.05) is 6.07 Å². The Kier molecular flexibility index (Phi) is 5.75. The molecular weight excluding hydrogens is 417 g/mol. The fourth-order valence-electron chi connectivity index (χ4n) is 3.80. The lowest BCUT2D eigenvalue weighted by Gasteiger charge is -2.44. The molecule has 2 aromatic rings. The van der Waals surface area contributed by atoms with Crippen LogP contribution in [0.2, 0.25) is 0 Å². The van der Waals surface area contributed by atoms with E-state index in [0.717, 1.165) is 0 Å². The second-order valence-electron chi connectivity index (χ2n) is 7.04. The highest BCUT2D eigenvalue weighted by atomic mass is 32.2. The van der Waals surface area contributed by atoms with Crippen molar-refractivity contribution in [2.75, 3.05) is 19.0 Å². The molecule has 30 heavy (non-hydrogen) atoms. The van der Waals surface area contributed by atoms with Crippen LogP contribution >= 0.6 is 11.8 Å². The molecule has 0 saturated carbocycles. The maximum atomic E-state index is 13.0. The van der Waals surface area contributed by atoms with E-state index in [4.69, 9.17) is 9.73 Å². The van der Waals surface area contributed by atoms with Crippen LogP contribution in [0.4, 0.5) is 13.2 Å². The molecule has 2 atom stereocenters. The second kappa shape index (κ2) is 8.31. The number of fused-ring (bicyclic) bond motifs is 1. The van der Waals surface area contributed by atoms with Gasteiger partial charge in [0, 0.05) is 35.8 Å². The fraction of sp³-hybridized carbons (Fsp3) is 0.333. The summed E-state index contributed by atoms with van der Waals surface area (Å²) >= 11 is 1.36. The summed E-state index contributed by atoms with van der Waals surface area (Å²) in [6, 6.07) is 14.7. The summed E-state index contributed by atoms with van der Waals surface area (Å²) in [6.07, 6.45) is -4.42. The third-order valence-corrected chi connectivity index (χ3v) is 6.22. The Morgan fingerprint density at radius 2 is 1.90 bits per heavy atom. The standard InChI is InChI=1S/C21H19F3N2O3S/c22-21(23,24)29-17-9-5-4-8-16(17)20-10-11-28-12-15(20)13-30-19(26-20)25-18(27)14-6-2-1-3-7-14/h1-9,15H,10-13H2,(H,25,26,27)/t15-,20-/m0/s1. The molecule has 4 rings (SSSR count). The van der Waals surface area contributed by atoms with Crippen LogP contribution in [0.25, 0.3) is 0 Å². The number of benzene rings is 2. The van der Waals surface area contributed by atoms with Crippen molar-refractivity contribution in [2.24, 2.45) is 10.9 Å². The molecule has 2 aliphatic rings. The van der Waals surface area contributed by atoms with Crippen molar-refractivity contribution in [1.29, 1.82) is 0 Å². The number of amidine groups is 1. The summed E-state index contributed by atoms with van der Waals surface area (Å²) in [5.41, 5.74) is -0.142. The van der Waals surface area contributed by atoms with Crippen LogP contribution in [0.15, 0.2) is 59.6 Å². The van der Waals surface area contributed by atoms with Gasteiger partial charge < -0.3 is 14.8 Å². The Hall–Kier alpha value is -2.52. The Balaban J connectivity index is 1.71. The number of thioether (sulfide) groups is 1. The lowest BCUT2D eigenvalue weighted by atomic mass is 9.75. The number of nitrogens with one attached hydrogen (secondary N) is 1. The molecule has 2 heterocycles. The third kappa shape index (κ3) is 4.32. The fourth-order valence-corrected chi connectivity index (χ4v) is 4.92. The van der Waals surface area contributed by atoms with Crippen LogP contribution in [-0.4, -0.2) is 36.4 Å². The normalized spacial score (nSPS) is 23.8. The summed E-state index contributed by atoms with van der Waals surface area (Å²) in [6.45, 7) is 0.724. The molecule has 2 aromatic carbocycles. The number of halogens is 3. The summed E-state index contributed by atoms with van der Waals surface area (Å²) in [4.78, 5) is 17.3. The quantitative estimate of drug-likeness (QED) is 0.777. The minimum atomic E-state index is -4.81. The Labute approximate surface area is 175 Å². The molecule has 0 spiro atoms. The lowest BCUT2D eigenvalue weighted by molar-refractivity contribution is -0.275. The van der Waals surface area contributed by atoms with Gasteiger partial charge in [-0.25, -0.2) is 0 Å². The number of para-hydroxylation sites is 1. The minimum absolute atomic E-state index is 0.147. The molecular formula is C21H19F3N2O3S. The predicted molar refractivity (Wildman–Crippen MR) is 108 cm³/mol. The number of carbonyl (C=O) groups excluding carboxylic acids is 1. The number of ether oxygens (including phenoxy) is 2. The van der Waals surface area contributed by atoms with Gasteiger partial charge in [-0.15, -0.1) is 13.2 Å². The lowest BCUT2D eigenvalue weighted by Crippen LogP contribution is -2.48. The Morgan fingerprint density at radius 1 is 1.17 bits per heavy atom. The van der Waals surface area contributed by atoms with Gasteiger partial charge >= 0.3 is 6.36 Å². The summed E-state index contributed by atoms with van der Waals surface area (Å²) < 4.78 is 48.9. The largest absolute Gasteiger partial charge is 0.573 e. The average molecular weight is 436 g/mol. The Bertz CT molecular complexity index is 952. The van der Waals surface area contributed by atoms with E-state index in [1.54, 1.807) is 36.4 Å². The number of hydrogen-bond acceptors (Lipinski definition) is 5. The molecule has 0 unspecified atom stereocenters. The molecule has 5 nitrogen and oxygen atoms in total. The van der Waals surface area contributed by atoms with E-state index in [0.29, 0.717) is 41.7 Å². The van der Waals surface area contributed by atoms with E-state index < -0.39 is 11.9 Å². The van der Waals surface area contributed by atoms with Gasteiger partial charge in [-0.2, -0.15) is 0 Å². The van der Waals surface area contributed by atoms with Crippen LogP contribution in [-0.2, 0) is 10.3 Å². The minimum Gasteiger partial charge on any atom is -0.405 e. The van der Waals surface area contributed by atoms with E-state index >= 15 is 0 Å². The van der Waals surface area contributed by atoms with Gasteiger partial charge in [0.25, 0.3) is 5.91 Å². The summed E-state index contributed by atoms with van der Waals surface area (Å²) in [7, 11) is 0. The number of carbonyl (C=O) groups is 1. The van der Waals surface area contributed by atoms with Gasteiger partial charge in [0.05, 0.1) is 6.61 Å². The van der Waals surface area contributed by atoms with Gasteiger partial charge in [-0.1, -0.05) is 48.2 Å². The molecule has 0 bridgehead atoms. The molecule has 0 aliphatic carbocycles. The van der Waals surface area contributed by atoms with Gasteiger partial charge in [0.1, 0.15) is 11.3 Å². The van der Waals surface area contributed by atoms with Crippen LogP contribution in [0.5, 0.6) is 5.75 Å². The first kappa shape index (κ1) is 20.7. The van der Waals surface area contributed by atoms with Crippen molar-refractivity contribution in [3.8, 4) is 5.75 Å². The smallest absolute Gasteiger partial charge is 0.405 e. The molecule has 0 radical (unpaired) electrons. The second-order valence-corrected chi connectivity index (χ2v) is 8.05. The maximum absolute atomic E-state index is 13.0. The number of amides is 1. The number of hydrogen-bond donors (Lipinski definition) is 1. The van der Waals surface area contributed by atoms with Gasteiger partial charge in [0.2, 0.25) is 0 Å². The SMILES string of the molecule is O=C(NC1=N[C@@]2(c3ccccc3OC(F)(F)F)CCOC[C@H]2CS1)c1ccccc1. The highest BCUT2D eigenvalue weighted by Gasteiger charge is 2.48. The third-order valence-electron chi connectivity index (χ3n) is 5.18.